The van der Waals surface area contributed by atoms with Crippen molar-refractivity contribution < 1.29 is 4.74 Å². The molecular formula is C57H59N3OSi. The Hall–Kier alpha value is -6.04. The van der Waals surface area contributed by atoms with Crippen LogP contribution in [0, 0.1) is 0 Å². The Morgan fingerprint density at radius 3 is 1.73 bits per heavy atom. The zero-order chi connectivity index (χ0) is 43.5. The monoisotopic (exact) mass is 829 g/mol. The van der Waals surface area contributed by atoms with Gasteiger partial charge in [-0.2, -0.15) is 0 Å². The van der Waals surface area contributed by atoms with Gasteiger partial charge in [-0.25, -0.2) is 0 Å². The number of aromatic amines is 1. The molecule has 3 heterocycles. The molecule has 1 N–H and O–H groups in total. The van der Waals surface area contributed by atoms with Gasteiger partial charge in [0.25, 0.3) is 0 Å². The Balaban J connectivity index is 1.11. The summed E-state index contributed by atoms with van der Waals surface area (Å²) in [5.74, 6) is 1.70. The molecule has 2 aliphatic rings. The van der Waals surface area contributed by atoms with Crippen molar-refractivity contribution in [2.24, 2.45) is 0 Å². The number of nitrogens with one attached hydrogen (secondary N) is 1. The molecule has 2 aliphatic heterocycles. The lowest BCUT2D eigenvalue weighted by molar-refractivity contribution is 0.484. The van der Waals surface area contributed by atoms with Gasteiger partial charge in [0.2, 0.25) is 0 Å². The van der Waals surface area contributed by atoms with E-state index in [2.05, 4.69) is 230 Å². The third-order valence-corrected chi connectivity index (χ3v) is 17.0. The van der Waals surface area contributed by atoms with Crippen molar-refractivity contribution in [2.45, 2.75) is 91.7 Å². The fourth-order valence-electron chi connectivity index (χ4n) is 9.81. The van der Waals surface area contributed by atoms with E-state index in [0.29, 0.717) is 6.67 Å². The van der Waals surface area contributed by atoms with E-state index in [0.717, 1.165) is 22.7 Å². The van der Waals surface area contributed by atoms with Gasteiger partial charge >= 0.3 is 0 Å². The summed E-state index contributed by atoms with van der Waals surface area (Å²) in [4.78, 5) is 8.71. The summed E-state index contributed by atoms with van der Waals surface area (Å²) in [6.45, 7) is 26.6. The van der Waals surface area contributed by atoms with Crippen molar-refractivity contribution in [3.05, 3.63) is 156 Å². The number of fused-ring (bicyclic) bond motifs is 1. The number of hydrogen-bond acceptors (Lipinski definition) is 3. The van der Waals surface area contributed by atoms with Crippen molar-refractivity contribution in [3.8, 4) is 33.8 Å². The molecule has 312 valence electrons. The van der Waals surface area contributed by atoms with E-state index in [1.165, 1.54) is 82.7 Å². The number of nitrogens with zero attached hydrogens (tertiary/aromatic N) is 2. The van der Waals surface area contributed by atoms with Crippen LogP contribution in [0.5, 0.6) is 11.5 Å². The van der Waals surface area contributed by atoms with Gasteiger partial charge in [-0.1, -0.05) is 154 Å². The number of rotatable bonds is 6. The highest BCUT2D eigenvalue weighted by molar-refractivity contribution is 7.05. The zero-order valence-electron chi connectivity index (χ0n) is 38.3. The van der Waals surface area contributed by atoms with Gasteiger partial charge in [0.05, 0.1) is 22.6 Å². The van der Waals surface area contributed by atoms with Crippen LogP contribution in [0.25, 0.3) is 44.1 Å². The predicted molar refractivity (Wildman–Crippen MR) is 268 cm³/mol. The number of H-pyrrole nitrogens is 1. The second kappa shape index (κ2) is 14.0. The molecule has 10 rings (SSSR count). The molecule has 0 amide bonds. The van der Waals surface area contributed by atoms with Crippen LogP contribution in [-0.2, 0) is 16.2 Å². The van der Waals surface area contributed by atoms with Crippen LogP contribution >= 0.6 is 0 Å². The van der Waals surface area contributed by atoms with E-state index >= 15 is 0 Å². The molecule has 1 aromatic heterocycles. The maximum Gasteiger partial charge on any atom is 0.129 e. The number of aromatic nitrogens is 1. The molecule has 0 spiro atoms. The molecule has 0 atom stereocenters. The molecule has 4 nitrogen and oxygen atoms in total. The number of ether oxygens (including phenoxy) is 1. The van der Waals surface area contributed by atoms with Crippen LogP contribution in [0.1, 0.15) is 79.0 Å². The maximum atomic E-state index is 6.84. The van der Waals surface area contributed by atoms with Gasteiger partial charge in [0.15, 0.2) is 0 Å². The maximum absolute atomic E-state index is 6.84. The normalized spacial score (nSPS) is 14.7. The largest absolute Gasteiger partial charge is 0.457 e. The first-order valence-corrected chi connectivity index (χ1v) is 25.3. The quantitative estimate of drug-likeness (QED) is 0.169. The summed E-state index contributed by atoms with van der Waals surface area (Å²) in [5.41, 5.74) is 15.9. The minimum Gasteiger partial charge on any atom is -0.457 e. The topological polar surface area (TPSA) is 31.5 Å². The molecule has 0 saturated carbocycles. The van der Waals surface area contributed by atoms with Crippen LogP contribution in [0.15, 0.2) is 140 Å². The van der Waals surface area contributed by atoms with Crippen LogP contribution in [0.4, 0.5) is 22.7 Å². The number of anilines is 4. The average molecular weight is 830 g/mol. The lowest BCUT2D eigenvalue weighted by Crippen LogP contribution is -2.49. The van der Waals surface area contributed by atoms with E-state index in [9.17, 15) is 0 Å². The molecule has 7 aromatic carbocycles. The number of hydrogen-bond donors (Lipinski definition) is 1. The Morgan fingerprint density at radius 1 is 0.484 bits per heavy atom. The predicted octanol–water partition coefficient (Wildman–Crippen LogP) is 14.7. The van der Waals surface area contributed by atoms with Crippen molar-refractivity contribution in [3.63, 3.8) is 0 Å². The van der Waals surface area contributed by atoms with E-state index in [1.807, 2.05) is 0 Å². The molecule has 5 heteroatoms. The number of para-hydroxylation sites is 2. The fourth-order valence-corrected chi connectivity index (χ4v) is 12.9. The van der Waals surface area contributed by atoms with Gasteiger partial charge in [-0.3, -0.25) is 0 Å². The summed E-state index contributed by atoms with van der Waals surface area (Å²) in [5, 5.41) is 5.74. The SMILES string of the molecule is CC(C)(C)c1cc(-c2cc(C(C)(C)C)cc(-c3ccccc3)c2N2CN(c3cccc(Oc4cc5c6c(c4)[nH]c4cccc(c46)[Si]5(C)C)c3)c3ccccc32)cc(C(C)(C)C)c1. The lowest BCUT2D eigenvalue weighted by atomic mass is 9.77. The van der Waals surface area contributed by atoms with E-state index < -0.39 is 8.07 Å². The van der Waals surface area contributed by atoms with E-state index in [4.69, 9.17) is 4.74 Å². The van der Waals surface area contributed by atoms with Crippen molar-refractivity contribution >= 4 is 63.0 Å². The van der Waals surface area contributed by atoms with E-state index in [1.54, 1.807) is 0 Å². The summed E-state index contributed by atoms with van der Waals surface area (Å²) in [6.07, 6.45) is 0. The van der Waals surface area contributed by atoms with Gasteiger partial charge in [0.1, 0.15) is 26.2 Å². The highest BCUT2D eigenvalue weighted by Crippen LogP contribution is 2.52. The molecule has 0 aliphatic carbocycles. The zero-order valence-corrected chi connectivity index (χ0v) is 39.3. The lowest BCUT2D eigenvalue weighted by Gasteiger charge is -2.31. The molecule has 62 heavy (non-hydrogen) atoms. The minimum absolute atomic E-state index is 0.0231. The Bertz CT molecular complexity index is 3030. The molecule has 0 unspecified atom stereocenters. The molecular weight excluding hydrogens is 771 g/mol. The van der Waals surface area contributed by atoms with Gasteiger partial charge in [0, 0.05) is 45.2 Å². The fraction of sp³-hybridized carbons (Fsp3) is 0.263. The third kappa shape index (κ3) is 6.64. The third-order valence-electron chi connectivity index (χ3n) is 13.5. The summed E-state index contributed by atoms with van der Waals surface area (Å²) in [7, 11) is -1.86. The molecule has 0 fully saturated rings. The average Bonchev–Trinajstić information content (AvgIpc) is 3.88. The van der Waals surface area contributed by atoms with Crippen LogP contribution in [0.2, 0.25) is 13.1 Å². The Kier molecular flexibility index (Phi) is 9.04. The number of benzene rings is 7. The van der Waals surface area contributed by atoms with Crippen LogP contribution in [0.3, 0.4) is 0 Å². The van der Waals surface area contributed by atoms with Gasteiger partial charge in [-0.15, -0.1) is 0 Å². The van der Waals surface area contributed by atoms with Crippen LogP contribution < -0.4 is 24.9 Å². The molecule has 0 bridgehead atoms. The van der Waals surface area contributed by atoms with Crippen LogP contribution in [-0.4, -0.2) is 19.7 Å². The first-order valence-electron chi connectivity index (χ1n) is 22.3. The van der Waals surface area contributed by atoms with E-state index in [-0.39, 0.29) is 16.2 Å². The summed E-state index contributed by atoms with van der Waals surface area (Å²) < 4.78 is 6.84. The summed E-state index contributed by atoms with van der Waals surface area (Å²) >= 11 is 0. The van der Waals surface area contributed by atoms with Crippen molar-refractivity contribution in [1.82, 2.24) is 4.98 Å². The molecule has 0 saturated heterocycles. The Morgan fingerprint density at radius 2 is 1.06 bits per heavy atom. The van der Waals surface area contributed by atoms with Gasteiger partial charge in [-0.05, 0) is 103 Å². The van der Waals surface area contributed by atoms with Crippen molar-refractivity contribution in [2.75, 3.05) is 16.5 Å². The Labute approximate surface area is 369 Å². The second-order valence-corrected chi connectivity index (χ2v) is 25.6. The second-order valence-electron chi connectivity index (χ2n) is 21.3. The molecule has 8 aromatic rings. The standard InChI is InChI=1S/C57H59N3OSi/c1-55(2,3)38-27-37(28-39(29-38)56(4,5)6)45-31-40(57(7,8)9)30-44(36-19-13-12-14-20-36)54(45)60-35-59(48-24-15-16-25-49(48)60)41-21-17-22-42(32-41)61-43-33-47-53-51(34-43)62(10,11)50-26-18-23-46(58-47)52(50)53/h12-34,58H,35H2,1-11H3. The smallest absolute Gasteiger partial charge is 0.129 e. The highest BCUT2D eigenvalue weighted by Gasteiger charge is 2.38. The summed E-state index contributed by atoms with van der Waals surface area (Å²) in [6, 6.07) is 52.0. The van der Waals surface area contributed by atoms with Gasteiger partial charge < -0.3 is 19.5 Å². The first kappa shape index (κ1) is 40.1. The molecule has 0 radical (unpaired) electrons. The first-order chi connectivity index (χ1) is 29.4. The van der Waals surface area contributed by atoms with Crippen molar-refractivity contribution in [1.29, 1.82) is 0 Å². The minimum atomic E-state index is -1.86. The highest BCUT2D eigenvalue weighted by atomic mass is 28.3.